The van der Waals surface area contributed by atoms with E-state index in [-0.39, 0.29) is 11.6 Å². The maximum atomic E-state index is 12.0. The molecule has 1 radical (unpaired) electrons. The van der Waals surface area contributed by atoms with Crippen LogP contribution in [0.15, 0.2) is 18.2 Å². The Bertz CT molecular complexity index is 420. The topological polar surface area (TPSA) is 32.3 Å². The molecule has 0 bridgehead atoms. The van der Waals surface area contributed by atoms with Crippen LogP contribution in [0.3, 0.4) is 0 Å². The molecule has 1 heterocycles. The number of hydrogen-bond acceptors (Lipinski definition) is 1. The number of carbonyl (C=O) groups is 1. The average Bonchev–Trinajstić information content (AvgIpc) is 2.26. The second-order valence-corrected chi connectivity index (χ2v) is 5.55. The molecule has 2 rings (SSSR count). The van der Waals surface area contributed by atoms with Gasteiger partial charge in [0, 0.05) is 18.6 Å². The normalized spacial score (nSPS) is 15.4. The number of nitrogens with one attached hydrogen (secondary N) is 1. The molecule has 0 unspecified atom stereocenters. The molecule has 1 aliphatic rings. The van der Waals surface area contributed by atoms with E-state index in [1.54, 1.807) is 0 Å². The maximum absolute atomic E-state index is 12.0. The largest absolute Gasteiger partial charge is 0.333 e. The van der Waals surface area contributed by atoms with Crippen molar-refractivity contribution in [3.63, 3.8) is 0 Å². The van der Waals surface area contributed by atoms with E-state index in [1.165, 1.54) is 11.1 Å². The molecular weight excluding hydrogens is 212 g/mol. The van der Waals surface area contributed by atoms with Gasteiger partial charge in [0.2, 0.25) is 0 Å². The third-order valence-electron chi connectivity index (χ3n) is 2.83. The Labute approximate surface area is 103 Å². The Morgan fingerprint density at radius 1 is 1.41 bits per heavy atom. The van der Waals surface area contributed by atoms with Crippen LogP contribution >= 0.6 is 0 Å². The van der Waals surface area contributed by atoms with Gasteiger partial charge in [-0.3, -0.25) is 0 Å². The molecule has 0 spiro atoms. The van der Waals surface area contributed by atoms with Crippen LogP contribution in [0.1, 0.15) is 31.9 Å². The molecule has 1 aliphatic heterocycles. The van der Waals surface area contributed by atoms with Crippen LogP contribution in [0, 0.1) is 6.07 Å². The fourth-order valence-electron chi connectivity index (χ4n) is 2.00. The highest BCUT2D eigenvalue weighted by Gasteiger charge is 2.23. The van der Waals surface area contributed by atoms with Crippen molar-refractivity contribution in [2.75, 3.05) is 6.54 Å². The van der Waals surface area contributed by atoms with Crippen molar-refractivity contribution >= 4 is 6.03 Å². The van der Waals surface area contributed by atoms with Crippen molar-refractivity contribution in [2.45, 2.75) is 39.3 Å². The van der Waals surface area contributed by atoms with Crippen molar-refractivity contribution < 1.29 is 4.79 Å². The summed E-state index contributed by atoms with van der Waals surface area (Å²) in [5, 5.41) is 3.00. The van der Waals surface area contributed by atoms with Gasteiger partial charge < -0.3 is 10.2 Å². The SMILES string of the molecule is CC(C)(C)NC(=O)N1CCc2c[c]ccc2C1. The number of amides is 2. The van der Waals surface area contributed by atoms with Crippen LogP contribution in [0.2, 0.25) is 0 Å². The number of rotatable bonds is 0. The van der Waals surface area contributed by atoms with E-state index in [0.717, 1.165) is 13.0 Å². The van der Waals surface area contributed by atoms with Crippen molar-refractivity contribution in [2.24, 2.45) is 0 Å². The van der Waals surface area contributed by atoms with Gasteiger partial charge in [-0.25, -0.2) is 4.79 Å². The van der Waals surface area contributed by atoms with Gasteiger partial charge in [-0.05, 0) is 44.4 Å². The quantitative estimate of drug-likeness (QED) is 0.730. The minimum absolute atomic E-state index is 0.0241. The summed E-state index contributed by atoms with van der Waals surface area (Å²) in [6.07, 6.45) is 0.921. The average molecular weight is 231 g/mol. The van der Waals surface area contributed by atoms with E-state index in [4.69, 9.17) is 0 Å². The minimum Gasteiger partial charge on any atom is -0.333 e. The third kappa shape index (κ3) is 2.99. The summed E-state index contributed by atoms with van der Waals surface area (Å²) in [6.45, 7) is 7.48. The zero-order valence-electron chi connectivity index (χ0n) is 10.7. The number of nitrogens with zero attached hydrogens (tertiary/aromatic N) is 1. The van der Waals surface area contributed by atoms with E-state index < -0.39 is 0 Å². The first kappa shape index (κ1) is 12.0. The number of benzene rings is 1. The molecule has 0 saturated heterocycles. The highest BCUT2D eigenvalue weighted by atomic mass is 16.2. The zero-order chi connectivity index (χ0) is 12.5. The lowest BCUT2D eigenvalue weighted by Crippen LogP contribution is -2.49. The van der Waals surface area contributed by atoms with Gasteiger partial charge in [-0.15, -0.1) is 0 Å². The smallest absolute Gasteiger partial charge is 0.318 e. The molecular formula is C14H19N2O. The van der Waals surface area contributed by atoms with Gasteiger partial charge in [0.15, 0.2) is 0 Å². The van der Waals surface area contributed by atoms with Crippen LogP contribution in [-0.2, 0) is 13.0 Å². The molecule has 0 atom stereocenters. The van der Waals surface area contributed by atoms with Crippen LogP contribution in [-0.4, -0.2) is 23.0 Å². The minimum atomic E-state index is -0.179. The summed E-state index contributed by atoms with van der Waals surface area (Å²) in [5.74, 6) is 0. The third-order valence-corrected chi connectivity index (χ3v) is 2.83. The molecule has 91 valence electrons. The molecule has 0 aliphatic carbocycles. The van der Waals surface area contributed by atoms with E-state index in [0.29, 0.717) is 6.54 Å². The molecule has 3 nitrogen and oxygen atoms in total. The molecule has 0 fully saturated rings. The molecule has 1 N–H and O–H groups in total. The second kappa shape index (κ2) is 4.40. The van der Waals surface area contributed by atoms with E-state index in [1.807, 2.05) is 43.9 Å². The van der Waals surface area contributed by atoms with Crippen molar-refractivity contribution in [3.8, 4) is 0 Å². The lowest BCUT2D eigenvalue weighted by Gasteiger charge is -2.32. The highest BCUT2D eigenvalue weighted by molar-refractivity contribution is 5.75. The number of fused-ring (bicyclic) bond motifs is 1. The van der Waals surface area contributed by atoms with Gasteiger partial charge in [-0.1, -0.05) is 18.2 Å². The van der Waals surface area contributed by atoms with Crippen LogP contribution in [0.25, 0.3) is 0 Å². The van der Waals surface area contributed by atoms with Crippen molar-refractivity contribution in [3.05, 3.63) is 35.4 Å². The van der Waals surface area contributed by atoms with Crippen molar-refractivity contribution in [1.29, 1.82) is 0 Å². The number of carbonyl (C=O) groups excluding carboxylic acids is 1. The maximum Gasteiger partial charge on any atom is 0.318 e. The summed E-state index contributed by atoms with van der Waals surface area (Å²) in [6, 6.07) is 9.08. The zero-order valence-corrected chi connectivity index (χ0v) is 10.7. The highest BCUT2D eigenvalue weighted by Crippen LogP contribution is 2.18. The Balaban J connectivity index is 2.05. The van der Waals surface area contributed by atoms with Gasteiger partial charge >= 0.3 is 6.03 Å². The molecule has 0 aromatic heterocycles. The van der Waals surface area contributed by atoms with E-state index in [2.05, 4.69) is 11.4 Å². The first-order chi connectivity index (χ1) is 7.96. The van der Waals surface area contributed by atoms with Crippen LogP contribution in [0.5, 0.6) is 0 Å². The first-order valence-electron chi connectivity index (χ1n) is 6.01. The fourth-order valence-corrected chi connectivity index (χ4v) is 2.00. The fraction of sp³-hybridized carbons (Fsp3) is 0.500. The van der Waals surface area contributed by atoms with Crippen LogP contribution < -0.4 is 5.32 Å². The Hall–Kier alpha value is -1.51. The first-order valence-corrected chi connectivity index (χ1v) is 6.01. The molecule has 3 heteroatoms. The molecule has 1 aromatic carbocycles. The molecule has 17 heavy (non-hydrogen) atoms. The summed E-state index contributed by atoms with van der Waals surface area (Å²) in [7, 11) is 0. The lowest BCUT2D eigenvalue weighted by molar-refractivity contribution is 0.183. The monoisotopic (exact) mass is 231 g/mol. The predicted octanol–water partition coefficient (Wildman–Crippen LogP) is 2.35. The molecule has 0 saturated carbocycles. The number of hydrogen-bond donors (Lipinski definition) is 1. The standard InChI is InChI=1S/C14H19N2O/c1-14(2,3)15-13(17)16-9-8-11-6-4-5-7-12(11)10-16/h5-7H,8-10H2,1-3H3,(H,15,17). The van der Waals surface area contributed by atoms with Crippen LogP contribution in [0.4, 0.5) is 4.79 Å². The van der Waals surface area contributed by atoms with Gasteiger partial charge in [0.1, 0.15) is 0 Å². The Morgan fingerprint density at radius 3 is 2.88 bits per heavy atom. The Morgan fingerprint density at radius 2 is 2.18 bits per heavy atom. The summed E-state index contributed by atoms with van der Waals surface area (Å²) >= 11 is 0. The van der Waals surface area contributed by atoms with Gasteiger partial charge in [0.05, 0.1) is 0 Å². The van der Waals surface area contributed by atoms with Gasteiger partial charge in [0.25, 0.3) is 0 Å². The Kier molecular flexibility index (Phi) is 3.09. The lowest BCUT2D eigenvalue weighted by atomic mass is 10.0. The number of urea groups is 1. The van der Waals surface area contributed by atoms with E-state index in [9.17, 15) is 4.79 Å². The van der Waals surface area contributed by atoms with Crippen molar-refractivity contribution in [1.82, 2.24) is 10.2 Å². The van der Waals surface area contributed by atoms with E-state index >= 15 is 0 Å². The predicted molar refractivity (Wildman–Crippen MR) is 67.7 cm³/mol. The summed E-state index contributed by atoms with van der Waals surface area (Å²) in [5.41, 5.74) is 2.37. The second-order valence-electron chi connectivity index (χ2n) is 5.55. The summed E-state index contributed by atoms with van der Waals surface area (Å²) < 4.78 is 0. The molecule has 1 aromatic rings. The van der Waals surface area contributed by atoms with Gasteiger partial charge in [-0.2, -0.15) is 0 Å². The summed E-state index contributed by atoms with van der Waals surface area (Å²) in [4.78, 5) is 13.9. The molecule has 2 amide bonds.